The van der Waals surface area contributed by atoms with Gasteiger partial charge in [0.05, 0.1) is 6.61 Å². The largest absolute Gasteiger partial charge is 0.394 e. The second-order valence-corrected chi connectivity index (χ2v) is 4.31. The summed E-state index contributed by atoms with van der Waals surface area (Å²) in [5.74, 6) is 0. The standard InChI is InChI=1S/C10H14N2O6/c1-10(8(16)7(15)5(4-13)18-10)12-3-2-6(14)11-9(12)17/h2-3,5,7-8,13,15-16H,4H2,1H3,(H,11,14,17)/t5-,7?,8+,10-/m1/s1. The molecule has 18 heavy (non-hydrogen) atoms. The third-order valence-electron chi connectivity index (χ3n) is 3.13. The van der Waals surface area contributed by atoms with E-state index in [-0.39, 0.29) is 0 Å². The molecule has 2 rings (SSSR count). The average molecular weight is 258 g/mol. The maximum Gasteiger partial charge on any atom is 0.330 e. The first-order valence-corrected chi connectivity index (χ1v) is 5.37. The number of aromatic nitrogens is 2. The Hall–Kier alpha value is -1.48. The molecule has 0 aliphatic carbocycles. The fraction of sp³-hybridized carbons (Fsp3) is 0.600. The molecule has 0 radical (unpaired) electrons. The Balaban J connectivity index is 2.49. The Labute approximate surface area is 101 Å². The number of H-pyrrole nitrogens is 1. The minimum Gasteiger partial charge on any atom is -0.394 e. The molecule has 1 aliphatic rings. The molecule has 1 aliphatic heterocycles. The summed E-state index contributed by atoms with van der Waals surface area (Å²) < 4.78 is 6.29. The molecule has 4 atom stereocenters. The molecule has 0 amide bonds. The van der Waals surface area contributed by atoms with E-state index in [0.29, 0.717) is 0 Å². The van der Waals surface area contributed by atoms with Crippen LogP contribution in [0, 0.1) is 0 Å². The van der Waals surface area contributed by atoms with Crippen molar-refractivity contribution in [1.29, 1.82) is 0 Å². The van der Waals surface area contributed by atoms with Crippen molar-refractivity contribution < 1.29 is 20.1 Å². The number of nitrogens with one attached hydrogen (secondary N) is 1. The molecule has 0 bridgehead atoms. The number of aliphatic hydroxyl groups excluding tert-OH is 3. The van der Waals surface area contributed by atoms with Crippen LogP contribution in [-0.4, -0.2) is 49.8 Å². The zero-order valence-corrected chi connectivity index (χ0v) is 9.61. The Bertz CT molecular complexity index is 552. The van der Waals surface area contributed by atoms with E-state index in [9.17, 15) is 19.8 Å². The summed E-state index contributed by atoms with van der Waals surface area (Å²) in [6.07, 6.45) is -2.56. The molecule has 0 spiro atoms. The van der Waals surface area contributed by atoms with Crippen LogP contribution in [0.5, 0.6) is 0 Å². The highest BCUT2D eigenvalue weighted by Gasteiger charge is 2.52. The number of aromatic amines is 1. The van der Waals surface area contributed by atoms with E-state index in [4.69, 9.17) is 9.84 Å². The average Bonchev–Trinajstić information content (AvgIpc) is 2.54. The van der Waals surface area contributed by atoms with Gasteiger partial charge in [-0.1, -0.05) is 0 Å². The molecule has 4 N–H and O–H groups in total. The maximum absolute atomic E-state index is 11.7. The molecule has 8 nitrogen and oxygen atoms in total. The van der Waals surface area contributed by atoms with Gasteiger partial charge in [-0.05, 0) is 6.92 Å². The topological polar surface area (TPSA) is 125 Å². The molecule has 1 aromatic heterocycles. The number of hydrogen-bond donors (Lipinski definition) is 4. The second kappa shape index (κ2) is 4.32. The van der Waals surface area contributed by atoms with Gasteiger partial charge in [-0.15, -0.1) is 0 Å². The quantitative estimate of drug-likeness (QED) is 0.458. The first kappa shape index (κ1) is 13.0. The van der Waals surface area contributed by atoms with E-state index in [1.807, 2.05) is 4.98 Å². The lowest BCUT2D eigenvalue weighted by Gasteiger charge is -2.29. The van der Waals surface area contributed by atoms with Crippen LogP contribution in [0.4, 0.5) is 0 Å². The third kappa shape index (κ3) is 1.79. The molecular weight excluding hydrogens is 244 g/mol. The number of nitrogens with zero attached hydrogens (tertiary/aromatic N) is 1. The van der Waals surface area contributed by atoms with Gasteiger partial charge in [-0.25, -0.2) is 4.79 Å². The normalized spacial score (nSPS) is 35.9. The fourth-order valence-corrected chi connectivity index (χ4v) is 2.08. The smallest absolute Gasteiger partial charge is 0.330 e. The van der Waals surface area contributed by atoms with E-state index in [2.05, 4.69) is 0 Å². The van der Waals surface area contributed by atoms with Crippen LogP contribution in [0.1, 0.15) is 6.92 Å². The Kier molecular flexibility index (Phi) is 3.11. The van der Waals surface area contributed by atoms with Crippen molar-refractivity contribution in [3.8, 4) is 0 Å². The summed E-state index contributed by atoms with van der Waals surface area (Å²) >= 11 is 0. The lowest BCUT2D eigenvalue weighted by Crippen LogP contribution is -2.49. The lowest BCUT2D eigenvalue weighted by atomic mass is 10.0. The van der Waals surface area contributed by atoms with Crippen LogP contribution in [-0.2, 0) is 10.5 Å². The monoisotopic (exact) mass is 258 g/mol. The van der Waals surface area contributed by atoms with Crippen molar-refractivity contribution in [2.24, 2.45) is 0 Å². The van der Waals surface area contributed by atoms with Gasteiger partial charge < -0.3 is 20.1 Å². The van der Waals surface area contributed by atoms with Gasteiger partial charge in [0, 0.05) is 12.3 Å². The summed E-state index contributed by atoms with van der Waals surface area (Å²) in [5, 5.41) is 28.6. The van der Waals surface area contributed by atoms with Gasteiger partial charge in [0.1, 0.15) is 18.3 Å². The Morgan fingerprint density at radius 1 is 1.50 bits per heavy atom. The van der Waals surface area contributed by atoms with Crippen molar-refractivity contribution in [2.75, 3.05) is 6.61 Å². The summed E-state index contributed by atoms with van der Waals surface area (Å²) in [6, 6.07) is 1.10. The van der Waals surface area contributed by atoms with Crippen molar-refractivity contribution in [1.82, 2.24) is 9.55 Å². The molecule has 0 aromatic carbocycles. The van der Waals surface area contributed by atoms with Crippen LogP contribution in [0.15, 0.2) is 21.9 Å². The summed E-state index contributed by atoms with van der Waals surface area (Å²) in [5.41, 5.74) is -2.89. The predicted molar refractivity (Wildman–Crippen MR) is 58.9 cm³/mol. The maximum atomic E-state index is 11.7. The number of ether oxygens (including phenoxy) is 1. The minimum absolute atomic E-state index is 0.494. The fourth-order valence-electron chi connectivity index (χ4n) is 2.08. The molecule has 1 aromatic rings. The van der Waals surface area contributed by atoms with Crippen LogP contribution in [0.3, 0.4) is 0 Å². The lowest BCUT2D eigenvalue weighted by molar-refractivity contribution is -0.137. The Morgan fingerprint density at radius 2 is 2.17 bits per heavy atom. The molecule has 8 heteroatoms. The molecular formula is C10H14N2O6. The van der Waals surface area contributed by atoms with Crippen molar-refractivity contribution >= 4 is 0 Å². The first-order chi connectivity index (χ1) is 8.40. The molecule has 0 saturated carbocycles. The highest BCUT2D eigenvalue weighted by molar-refractivity contribution is 4.99. The zero-order chi connectivity index (χ0) is 13.5. The van der Waals surface area contributed by atoms with Gasteiger partial charge in [0.15, 0.2) is 5.72 Å². The Morgan fingerprint density at radius 3 is 2.67 bits per heavy atom. The molecule has 1 saturated heterocycles. The first-order valence-electron chi connectivity index (χ1n) is 5.37. The summed E-state index contributed by atoms with van der Waals surface area (Å²) in [6.45, 7) is 0.891. The zero-order valence-electron chi connectivity index (χ0n) is 9.61. The van der Waals surface area contributed by atoms with Crippen LogP contribution in [0.2, 0.25) is 0 Å². The SMILES string of the molecule is C[C@@]1(n2ccc(=O)[nH]c2=O)O[C@H](CO)C(O)[C@@H]1O. The van der Waals surface area contributed by atoms with Crippen LogP contribution in [0.25, 0.3) is 0 Å². The summed E-state index contributed by atoms with van der Waals surface area (Å²) in [7, 11) is 0. The van der Waals surface area contributed by atoms with Gasteiger partial charge in [0.25, 0.3) is 5.56 Å². The van der Waals surface area contributed by atoms with Gasteiger partial charge in [0.2, 0.25) is 0 Å². The van der Waals surface area contributed by atoms with E-state index < -0.39 is 41.9 Å². The highest BCUT2D eigenvalue weighted by atomic mass is 16.6. The second-order valence-electron chi connectivity index (χ2n) is 4.31. The number of aliphatic hydroxyl groups is 3. The molecule has 2 heterocycles. The van der Waals surface area contributed by atoms with Gasteiger partial charge >= 0.3 is 5.69 Å². The summed E-state index contributed by atoms with van der Waals surface area (Å²) in [4.78, 5) is 24.6. The van der Waals surface area contributed by atoms with Crippen LogP contribution >= 0.6 is 0 Å². The van der Waals surface area contributed by atoms with Gasteiger partial charge in [-0.2, -0.15) is 0 Å². The minimum atomic E-state index is -1.55. The van der Waals surface area contributed by atoms with E-state index in [0.717, 1.165) is 16.8 Å². The van der Waals surface area contributed by atoms with Crippen LogP contribution < -0.4 is 11.2 Å². The van der Waals surface area contributed by atoms with E-state index >= 15 is 0 Å². The van der Waals surface area contributed by atoms with Crippen molar-refractivity contribution in [2.45, 2.75) is 31.0 Å². The molecule has 1 fully saturated rings. The molecule has 100 valence electrons. The van der Waals surface area contributed by atoms with E-state index in [1.54, 1.807) is 0 Å². The van der Waals surface area contributed by atoms with Crippen molar-refractivity contribution in [3.05, 3.63) is 33.1 Å². The number of rotatable bonds is 2. The molecule has 1 unspecified atom stereocenters. The van der Waals surface area contributed by atoms with Crippen molar-refractivity contribution in [3.63, 3.8) is 0 Å². The predicted octanol–water partition coefficient (Wildman–Crippen LogP) is -2.68. The number of hydrogen-bond acceptors (Lipinski definition) is 6. The van der Waals surface area contributed by atoms with Gasteiger partial charge in [-0.3, -0.25) is 14.3 Å². The van der Waals surface area contributed by atoms with E-state index in [1.165, 1.54) is 6.92 Å². The highest BCUT2D eigenvalue weighted by Crippen LogP contribution is 2.33. The third-order valence-corrected chi connectivity index (χ3v) is 3.13.